The minimum Gasteiger partial charge on any atom is -0.323 e. The van der Waals surface area contributed by atoms with Crippen LogP contribution in [0, 0.1) is 0 Å². The van der Waals surface area contributed by atoms with Gasteiger partial charge in [0.1, 0.15) is 0 Å². The van der Waals surface area contributed by atoms with Crippen LogP contribution in [0.1, 0.15) is 0 Å². The first-order valence-electron chi connectivity index (χ1n) is 11.5. The lowest BCUT2D eigenvalue weighted by Crippen LogP contribution is -1.89. The third-order valence-electron chi connectivity index (χ3n) is 6.85. The Balaban J connectivity index is 1.36. The predicted octanol–water partition coefficient (Wildman–Crippen LogP) is 9.52. The Hall–Kier alpha value is -3.88. The van der Waals surface area contributed by atoms with Crippen molar-refractivity contribution < 1.29 is 0 Å². The van der Waals surface area contributed by atoms with Gasteiger partial charge in [-0.25, -0.2) is 0 Å². The molecule has 1 aromatic heterocycles. The molecule has 160 valence electrons. The molecule has 7 rings (SSSR count). The van der Waals surface area contributed by atoms with Gasteiger partial charge in [-0.3, -0.25) is 0 Å². The number of fused-ring (bicyclic) bond motifs is 7. The second-order valence-electron chi connectivity index (χ2n) is 8.84. The third kappa shape index (κ3) is 3.07. The highest BCUT2D eigenvalue weighted by atomic mass is 79.9. The normalized spacial score (nSPS) is 11.7. The number of benzene rings is 6. The second kappa shape index (κ2) is 7.58. The van der Waals surface area contributed by atoms with Gasteiger partial charge < -0.3 is 4.57 Å². The fraction of sp³-hybridized carbons (Fsp3) is 0. The van der Waals surface area contributed by atoms with E-state index in [4.69, 9.17) is 0 Å². The molecule has 0 aliphatic carbocycles. The lowest BCUT2D eigenvalue weighted by Gasteiger charge is -2.12. The summed E-state index contributed by atoms with van der Waals surface area (Å²) in [6.07, 6.45) is 4.37. The van der Waals surface area contributed by atoms with Gasteiger partial charge in [-0.2, -0.15) is 0 Å². The van der Waals surface area contributed by atoms with Crippen molar-refractivity contribution in [1.82, 2.24) is 4.57 Å². The van der Waals surface area contributed by atoms with E-state index < -0.39 is 0 Å². The summed E-state index contributed by atoms with van der Waals surface area (Å²) in [4.78, 5) is 0. The number of nitrogens with zero attached hydrogens (tertiary/aromatic N) is 1. The molecule has 0 saturated heterocycles. The van der Waals surface area contributed by atoms with Crippen molar-refractivity contribution in [3.8, 4) is 16.8 Å². The van der Waals surface area contributed by atoms with Gasteiger partial charge >= 0.3 is 0 Å². The molecule has 34 heavy (non-hydrogen) atoms. The van der Waals surface area contributed by atoms with Crippen molar-refractivity contribution in [3.63, 3.8) is 0 Å². The molecule has 0 unspecified atom stereocenters. The number of aromatic nitrogens is 1. The van der Waals surface area contributed by atoms with Crippen molar-refractivity contribution in [3.05, 3.63) is 126 Å². The van der Waals surface area contributed by atoms with E-state index in [1.165, 1.54) is 54.2 Å². The topological polar surface area (TPSA) is 4.93 Å². The van der Waals surface area contributed by atoms with E-state index in [1.807, 2.05) is 0 Å². The van der Waals surface area contributed by atoms with Gasteiger partial charge in [0.05, 0.1) is 0 Å². The molecular weight excluding hydrogens is 478 g/mol. The highest BCUT2D eigenvalue weighted by Crippen LogP contribution is 2.37. The Labute approximate surface area is 206 Å². The highest BCUT2D eigenvalue weighted by Gasteiger charge is 2.10. The largest absolute Gasteiger partial charge is 0.323 e. The van der Waals surface area contributed by atoms with Crippen LogP contribution in [0.15, 0.2) is 126 Å². The molecule has 6 aromatic carbocycles. The number of halogens is 1. The van der Waals surface area contributed by atoms with E-state index in [0.29, 0.717) is 0 Å². The monoisotopic (exact) mass is 497 g/mol. The molecule has 1 heterocycles. The molecule has 0 bridgehead atoms. The van der Waals surface area contributed by atoms with Crippen molar-refractivity contribution in [1.29, 1.82) is 0 Å². The van der Waals surface area contributed by atoms with Crippen molar-refractivity contribution in [2.75, 3.05) is 0 Å². The molecule has 7 aromatic rings. The summed E-state index contributed by atoms with van der Waals surface area (Å²) >= 11 is 3.57. The van der Waals surface area contributed by atoms with Crippen LogP contribution in [0.2, 0.25) is 0 Å². The van der Waals surface area contributed by atoms with E-state index in [-0.39, 0.29) is 0 Å². The Bertz CT molecular complexity index is 1820. The van der Waals surface area contributed by atoms with E-state index in [0.717, 1.165) is 10.2 Å². The molecule has 0 N–H and O–H groups in total. The predicted molar refractivity (Wildman–Crippen MR) is 149 cm³/mol. The van der Waals surface area contributed by atoms with Crippen LogP contribution in [-0.4, -0.2) is 4.57 Å². The van der Waals surface area contributed by atoms with Gasteiger partial charge in [-0.1, -0.05) is 94.8 Å². The Morgan fingerprint density at radius 2 is 1.00 bits per heavy atom. The molecule has 0 saturated carbocycles. The van der Waals surface area contributed by atoms with Gasteiger partial charge in [0.15, 0.2) is 0 Å². The van der Waals surface area contributed by atoms with Crippen molar-refractivity contribution in [2.45, 2.75) is 0 Å². The summed E-state index contributed by atoms with van der Waals surface area (Å²) in [5, 5.41) is 10.3. The average molecular weight is 498 g/mol. The fourth-order valence-electron chi connectivity index (χ4n) is 5.17. The van der Waals surface area contributed by atoms with E-state index in [2.05, 4.69) is 142 Å². The Morgan fingerprint density at radius 1 is 0.441 bits per heavy atom. The molecule has 0 amide bonds. The number of hydrogen-bond donors (Lipinski definition) is 0. The summed E-state index contributed by atoms with van der Waals surface area (Å²) in [5.41, 5.74) is 3.62. The molecule has 0 aliphatic heterocycles. The van der Waals surface area contributed by atoms with Crippen LogP contribution in [0.25, 0.3) is 59.9 Å². The smallest absolute Gasteiger partial charge is 0.0450 e. The van der Waals surface area contributed by atoms with Crippen LogP contribution in [-0.2, 0) is 0 Å². The maximum atomic E-state index is 3.57. The maximum Gasteiger partial charge on any atom is 0.0450 e. The van der Waals surface area contributed by atoms with Crippen molar-refractivity contribution >= 4 is 59.0 Å². The average Bonchev–Trinajstić information content (AvgIpc) is 3.32. The van der Waals surface area contributed by atoms with Gasteiger partial charge in [-0.15, -0.1) is 0 Å². The lowest BCUT2D eigenvalue weighted by molar-refractivity contribution is 1.09. The maximum absolute atomic E-state index is 3.57. The minimum absolute atomic E-state index is 1.10. The molecule has 1 nitrogen and oxygen atoms in total. The summed E-state index contributed by atoms with van der Waals surface area (Å²) < 4.78 is 3.30. The van der Waals surface area contributed by atoms with Crippen LogP contribution in [0.4, 0.5) is 0 Å². The Morgan fingerprint density at radius 3 is 1.68 bits per heavy atom. The number of hydrogen-bond acceptors (Lipinski definition) is 0. The quantitative estimate of drug-likeness (QED) is 0.209. The van der Waals surface area contributed by atoms with E-state index >= 15 is 0 Å². The molecule has 0 fully saturated rings. The molecule has 2 heteroatoms. The summed E-state index contributed by atoms with van der Waals surface area (Å²) in [6.45, 7) is 0. The summed E-state index contributed by atoms with van der Waals surface area (Å²) in [5.74, 6) is 0. The van der Waals surface area contributed by atoms with Crippen LogP contribution in [0.3, 0.4) is 0 Å². The zero-order chi connectivity index (χ0) is 22.6. The van der Waals surface area contributed by atoms with Gasteiger partial charge in [0.2, 0.25) is 0 Å². The van der Waals surface area contributed by atoms with E-state index in [9.17, 15) is 0 Å². The minimum atomic E-state index is 1.10. The first-order valence-corrected chi connectivity index (χ1v) is 12.3. The first-order chi connectivity index (χ1) is 16.7. The lowest BCUT2D eigenvalue weighted by atomic mass is 9.92. The zero-order valence-electron chi connectivity index (χ0n) is 18.4. The molecule has 0 atom stereocenters. The molecular formula is C32H20BrN. The van der Waals surface area contributed by atoms with Gasteiger partial charge in [0.25, 0.3) is 0 Å². The summed E-state index contributed by atoms with van der Waals surface area (Å²) in [7, 11) is 0. The van der Waals surface area contributed by atoms with Gasteiger partial charge in [-0.05, 0) is 79.2 Å². The first kappa shape index (κ1) is 19.6. The number of rotatable bonds is 2. The second-order valence-corrected chi connectivity index (χ2v) is 9.75. The van der Waals surface area contributed by atoms with Crippen LogP contribution < -0.4 is 0 Å². The molecule has 0 aliphatic rings. The molecule has 0 radical (unpaired) electrons. The van der Waals surface area contributed by atoms with E-state index in [1.54, 1.807) is 0 Å². The van der Waals surface area contributed by atoms with Crippen LogP contribution >= 0.6 is 15.9 Å². The van der Waals surface area contributed by atoms with Crippen LogP contribution in [0.5, 0.6) is 0 Å². The fourth-order valence-corrected chi connectivity index (χ4v) is 5.55. The standard InChI is InChI=1S/C32H20BrN/c33-25-13-9-23-19-34(20-24(23)17-25)26-14-10-21(11-15-26)22-12-16-31-29-7-2-1-5-27(29)28-6-3-4-8-30(28)32(31)18-22/h1-20H. The highest BCUT2D eigenvalue weighted by molar-refractivity contribution is 9.10. The zero-order valence-corrected chi connectivity index (χ0v) is 20.0. The summed E-state index contributed by atoms with van der Waals surface area (Å²) in [6, 6.07) is 39.6. The molecule has 0 spiro atoms. The van der Waals surface area contributed by atoms with Gasteiger partial charge in [0, 0.05) is 27.9 Å². The Kier molecular flexibility index (Phi) is 4.36. The third-order valence-corrected chi connectivity index (χ3v) is 7.34. The SMILES string of the molecule is Brc1ccc2cn(-c3ccc(-c4ccc5c6ccccc6c6ccccc6c5c4)cc3)cc2c1. The van der Waals surface area contributed by atoms with Crippen molar-refractivity contribution in [2.24, 2.45) is 0 Å².